The summed E-state index contributed by atoms with van der Waals surface area (Å²) in [6.07, 6.45) is 2.06. The Balaban J connectivity index is 2.53. The molecule has 1 aromatic carbocycles. The molecule has 2 N–H and O–H groups in total. The molecular weight excluding hydrogens is 210 g/mol. The molecule has 0 aliphatic carbocycles. The van der Waals surface area contributed by atoms with Gasteiger partial charge in [-0.3, -0.25) is 0 Å². The van der Waals surface area contributed by atoms with Crippen LogP contribution >= 0.6 is 0 Å². The molecule has 2 aromatic heterocycles. The van der Waals surface area contributed by atoms with E-state index in [0.29, 0.717) is 6.54 Å². The molecule has 86 valence electrons. The lowest BCUT2D eigenvalue weighted by Gasteiger charge is -2.05. The van der Waals surface area contributed by atoms with Crippen molar-refractivity contribution in [1.82, 2.24) is 9.38 Å². The van der Waals surface area contributed by atoms with Gasteiger partial charge in [0.2, 0.25) is 0 Å². The van der Waals surface area contributed by atoms with Crippen LogP contribution < -0.4 is 5.73 Å². The fraction of sp³-hybridized carbons (Fsp3) is 0.214. The Kier molecular flexibility index (Phi) is 2.16. The van der Waals surface area contributed by atoms with Crippen LogP contribution in [0.3, 0.4) is 0 Å². The van der Waals surface area contributed by atoms with Gasteiger partial charge in [-0.25, -0.2) is 4.98 Å². The molecule has 17 heavy (non-hydrogen) atoms. The highest BCUT2D eigenvalue weighted by Gasteiger charge is 2.10. The van der Waals surface area contributed by atoms with E-state index in [9.17, 15) is 0 Å². The molecule has 0 amide bonds. The van der Waals surface area contributed by atoms with Crippen LogP contribution in [0.15, 0.2) is 30.5 Å². The second kappa shape index (κ2) is 3.57. The third-order valence-electron chi connectivity index (χ3n) is 3.36. The molecule has 0 unspecified atom stereocenters. The Morgan fingerprint density at radius 2 is 2.00 bits per heavy atom. The van der Waals surface area contributed by atoms with E-state index in [1.165, 1.54) is 16.3 Å². The minimum atomic E-state index is 0.518. The number of pyridine rings is 1. The first kappa shape index (κ1) is 10.3. The number of hydrogen-bond acceptors (Lipinski definition) is 2. The van der Waals surface area contributed by atoms with Gasteiger partial charge in [0.25, 0.3) is 0 Å². The SMILES string of the molecule is Cc1nc2c3cccc(C)c3ccn2c1CN. The standard InChI is InChI=1S/C14H15N3/c1-9-4-3-5-12-11(9)6-7-17-13(8-15)10(2)16-14(12)17/h3-7H,8,15H2,1-2H3. The fourth-order valence-electron chi connectivity index (χ4n) is 2.42. The van der Waals surface area contributed by atoms with Gasteiger partial charge in [0.15, 0.2) is 0 Å². The number of benzene rings is 1. The van der Waals surface area contributed by atoms with Crippen LogP contribution in [0.1, 0.15) is 17.0 Å². The molecule has 0 saturated carbocycles. The summed E-state index contributed by atoms with van der Waals surface area (Å²) >= 11 is 0. The summed E-state index contributed by atoms with van der Waals surface area (Å²) in [7, 11) is 0. The van der Waals surface area contributed by atoms with Crippen molar-refractivity contribution in [3.8, 4) is 0 Å². The van der Waals surface area contributed by atoms with E-state index in [0.717, 1.165) is 17.0 Å². The average Bonchev–Trinajstić information content (AvgIpc) is 2.65. The molecule has 0 bridgehead atoms. The van der Waals surface area contributed by atoms with Crippen LogP contribution in [-0.4, -0.2) is 9.38 Å². The highest BCUT2D eigenvalue weighted by molar-refractivity contribution is 5.96. The zero-order valence-corrected chi connectivity index (χ0v) is 10.1. The van der Waals surface area contributed by atoms with Crippen LogP contribution in [0.4, 0.5) is 0 Å². The number of aryl methyl sites for hydroxylation is 2. The average molecular weight is 225 g/mol. The van der Waals surface area contributed by atoms with E-state index in [1.54, 1.807) is 0 Å². The lowest BCUT2D eigenvalue weighted by atomic mass is 10.1. The molecule has 3 aromatic rings. The van der Waals surface area contributed by atoms with Gasteiger partial charge in [0.1, 0.15) is 5.65 Å². The summed E-state index contributed by atoms with van der Waals surface area (Å²) in [6.45, 7) is 4.65. The van der Waals surface area contributed by atoms with Crippen LogP contribution in [0, 0.1) is 13.8 Å². The largest absolute Gasteiger partial charge is 0.325 e. The maximum Gasteiger partial charge on any atom is 0.145 e. The second-order valence-corrected chi connectivity index (χ2v) is 4.39. The second-order valence-electron chi connectivity index (χ2n) is 4.39. The number of nitrogens with zero attached hydrogens (tertiary/aromatic N) is 2. The first-order chi connectivity index (χ1) is 8.22. The van der Waals surface area contributed by atoms with Gasteiger partial charge in [-0.05, 0) is 30.9 Å². The van der Waals surface area contributed by atoms with Crippen molar-refractivity contribution in [3.05, 3.63) is 47.4 Å². The van der Waals surface area contributed by atoms with Crippen LogP contribution in [0.2, 0.25) is 0 Å². The van der Waals surface area contributed by atoms with E-state index >= 15 is 0 Å². The van der Waals surface area contributed by atoms with Gasteiger partial charge < -0.3 is 10.1 Å². The number of fused-ring (bicyclic) bond motifs is 3. The van der Waals surface area contributed by atoms with Crippen molar-refractivity contribution in [3.63, 3.8) is 0 Å². The van der Waals surface area contributed by atoms with Crippen molar-refractivity contribution in [2.24, 2.45) is 5.73 Å². The minimum Gasteiger partial charge on any atom is -0.325 e. The van der Waals surface area contributed by atoms with Gasteiger partial charge in [-0.2, -0.15) is 0 Å². The summed E-state index contributed by atoms with van der Waals surface area (Å²) in [5, 5.41) is 2.45. The van der Waals surface area contributed by atoms with Crippen molar-refractivity contribution in [2.75, 3.05) is 0 Å². The zero-order chi connectivity index (χ0) is 12.0. The third kappa shape index (κ3) is 1.36. The molecule has 0 atom stereocenters. The predicted molar refractivity (Wildman–Crippen MR) is 70.1 cm³/mol. The smallest absolute Gasteiger partial charge is 0.145 e. The number of hydrogen-bond donors (Lipinski definition) is 1. The summed E-state index contributed by atoms with van der Waals surface area (Å²) < 4.78 is 2.09. The molecule has 0 saturated heterocycles. The molecule has 0 radical (unpaired) electrons. The third-order valence-corrected chi connectivity index (χ3v) is 3.36. The molecule has 0 aliphatic rings. The van der Waals surface area contributed by atoms with Crippen LogP contribution in [0.5, 0.6) is 0 Å². The Hall–Kier alpha value is -1.87. The highest BCUT2D eigenvalue weighted by Crippen LogP contribution is 2.24. The van der Waals surface area contributed by atoms with Crippen molar-refractivity contribution in [1.29, 1.82) is 0 Å². The van der Waals surface area contributed by atoms with E-state index in [2.05, 4.69) is 46.8 Å². The Morgan fingerprint density at radius 1 is 1.18 bits per heavy atom. The number of imidazole rings is 1. The molecule has 0 aliphatic heterocycles. The summed E-state index contributed by atoms with van der Waals surface area (Å²) in [5.74, 6) is 0. The summed E-state index contributed by atoms with van der Waals surface area (Å²) in [6, 6.07) is 8.45. The molecule has 3 heteroatoms. The molecule has 3 nitrogen and oxygen atoms in total. The maximum absolute atomic E-state index is 5.77. The number of aromatic nitrogens is 2. The van der Waals surface area contributed by atoms with Gasteiger partial charge >= 0.3 is 0 Å². The van der Waals surface area contributed by atoms with Crippen molar-refractivity contribution in [2.45, 2.75) is 20.4 Å². The van der Waals surface area contributed by atoms with E-state index in [4.69, 9.17) is 5.73 Å². The van der Waals surface area contributed by atoms with E-state index in [-0.39, 0.29) is 0 Å². The number of rotatable bonds is 1. The monoisotopic (exact) mass is 225 g/mol. The Bertz CT molecular complexity index is 710. The van der Waals surface area contributed by atoms with Crippen molar-refractivity contribution >= 4 is 16.4 Å². The Labute approximate surface area is 99.9 Å². The molecule has 3 rings (SSSR count). The normalized spacial score (nSPS) is 11.5. The van der Waals surface area contributed by atoms with Gasteiger partial charge in [0, 0.05) is 18.1 Å². The van der Waals surface area contributed by atoms with E-state index in [1.807, 2.05) is 6.92 Å². The fourth-order valence-corrected chi connectivity index (χ4v) is 2.42. The molecule has 0 spiro atoms. The van der Waals surface area contributed by atoms with Crippen LogP contribution in [0.25, 0.3) is 16.4 Å². The predicted octanol–water partition coefficient (Wildman–Crippen LogP) is 2.56. The van der Waals surface area contributed by atoms with E-state index < -0.39 is 0 Å². The zero-order valence-electron chi connectivity index (χ0n) is 10.1. The Morgan fingerprint density at radius 3 is 2.76 bits per heavy atom. The molecular formula is C14H15N3. The first-order valence-electron chi connectivity index (χ1n) is 5.78. The lowest BCUT2D eigenvalue weighted by molar-refractivity contribution is 0.945. The van der Waals surface area contributed by atoms with Crippen molar-refractivity contribution < 1.29 is 0 Å². The maximum atomic E-state index is 5.77. The number of nitrogens with two attached hydrogens (primary N) is 1. The lowest BCUT2D eigenvalue weighted by Crippen LogP contribution is -2.02. The molecule has 2 heterocycles. The van der Waals surface area contributed by atoms with Gasteiger partial charge in [0.05, 0.1) is 11.4 Å². The topological polar surface area (TPSA) is 43.3 Å². The highest BCUT2D eigenvalue weighted by atomic mass is 15.0. The quantitative estimate of drug-likeness (QED) is 0.691. The molecule has 0 fully saturated rings. The summed E-state index contributed by atoms with van der Waals surface area (Å²) in [5.41, 5.74) is 10.2. The van der Waals surface area contributed by atoms with Gasteiger partial charge in [-0.15, -0.1) is 0 Å². The van der Waals surface area contributed by atoms with Gasteiger partial charge in [-0.1, -0.05) is 18.2 Å². The first-order valence-corrected chi connectivity index (χ1v) is 5.78. The van der Waals surface area contributed by atoms with Crippen LogP contribution in [-0.2, 0) is 6.54 Å². The summed E-state index contributed by atoms with van der Waals surface area (Å²) in [4.78, 5) is 4.64. The minimum absolute atomic E-state index is 0.518.